The zero-order valence-corrected chi connectivity index (χ0v) is 21.7. The summed E-state index contributed by atoms with van der Waals surface area (Å²) in [6, 6.07) is 12.2. The molecule has 39 heavy (non-hydrogen) atoms. The summed E-state index contributed by atoms with van der Waals surface area (Å²) in [7, 11) is 0. The van der Waals surface area contributed by atoms with Gasteiger partial charge in [0.2, 0.25) is 0 Å². The van der Waals surface area contributed by atoms with Gasteiger partial charge in [0.1, 0.15) is 12.1 Å². The maximum atomic E-state index is 14.0. The third-order valence-corrected chi connectivity index (χ3v) is 8.23. The van der Waals surface area contributed by atoms with Crippen LogP contribution in [0.4, 0.5) is 10.2 Å². The fourth-order valence-electron chi connectivity index (χ4n) is 5.95. The number of ether oxygens (including phenoxy) is 2. The van der Waals surface area contributed by atoms with Gasteiger partial charge in [-0.1, -0.05) is 12.1 Å². The molecule has 9 nitrogen and oxygen atoms in total. The lowest BCUT2D eigenvalue weighted by molar-refractivity contribution is 0.231. The predicted molar refractivity (Wildman–Crippen MR) is 145 cm³/mol. The summed E-state index contributed by atoms with van der Waals surface area (Å²) >= 11 is 0. The summed E-state index contributed by atoms with van der Waals surface area (Å²) < 4.78 is 27.9. The van der Waals surface area contributed by atoms with E-state index in [1.165, 1.54) is 18.5 Å². The van der Waals surface area contributed by atoms with Crippen LogP contribution in [0.15, 0.2) is 59.8 Å². The van der Waals surface area contributed by atoms with Crippen LogP contribution in [0.2, 0.25) is 0 Å². The number of H-pyrrole nitrogens is 1. The van der Waals surface area contributed by atoms with Gasteiger partial charge in [-0.05, 0) is 55.9 Å². The highest BCUT2D eigenvalue weighted by atomic mass is 19.1. The summed E-state index contributed by atoms with van der Waals surface area (Å²) in [6.45, 7) is 4.67. The Balaban J connectivity index is 1.06. The molecule has 1 aliphatic carbocycles. The van der Waals surface area contributed by atoms with Crippen LogP contribution in [0, 0.1) is 17.2 Å². The van der Waals surface area contributed by atoms with Crippen LogP contribution < -0.4 is 20.1 Å². The van der Waals surface area contributed by atoms with Gasteiger partial charge in [0.15, 0.2) is 23.1 Å². The van der Waals surface area contributed by atoms with Crippen molar-refractivity contribution < 1.29 is 13.9 Å². The van der Waals surface area contributed by atoms with E-state index in [0.29, 0.717) is 36.4 Å². The lowest BCUT2D eigenvalue weighted by Gasteiger charge is -2.26. The van der Waals surface area contributed by atoms with Gasteiger partial charge < -0.3 is 19.4 Å². The molecule has 10 heteroatoms. The number of imidazole rings is 1. The van der Waals surface area contributed by atoms with Gasteiger partial charge in [-0.15, -0.1) is 0 Å². The number of anilines is 1. The summed E-state index contributed by atoms with van der Waals surface area (Å²) in [5.41, 5.74) is 1.84. The van der Waals surface area contributed by atoms with Crippen molar-refractivity contribution in [2.24, 2.45) is 11.3 Å². The highest BCUT2D eigenvalue weighted by Gasteiger charge is 2.44. The lowest BCUT2D eigenvalue weighted by Crippen LogP contribution is -2.34. The topological polar surface area (TPSA) is 88.5 Å². The fourth-order valence-corrected chi connectivity index (χ4v) is 5.95. The van der Waals surface area contributed by atoms with Gasteiger partial charge in [-0.3, -0.25) is 9.47 Å². The molecule has 0 amide bonds. The molecule has 4 aromatic rings. The average Bonchev–Trinajstić information content (AvgIpc) is 3.43. The monoisotopic (exact) mass is 530 g/mol. The minimum atomic E-state index is -0.361. The second-order valence-electron chi connectivity index (χ2n) is 11.1. The first-order valence-corrected chi connectivity index (χ1v) is 13.6. The minimum Gasteiger partial charge on any atom is -0.489 e. The highest BCUT2D eigenvalue weighted by molar-refractivity contribution is 5.74. The highest BCUT2D eigenvalue weighted by Crippen LogP contribution is 2.44. The van der Waals surface area contributed by atoms with Gasteiger partial charge >= 0.3 is 5.69 Å². The molecule has 2 aromatic heterocycles. The number of rotatable bonds is 8. The van der Waals surface area contributed by atoms with Crippen molar-refractivity contribution in [2.45, 2.75) is 32.4 Å². The van der Waals surface area contributed by atoms with Crippen LogP contribution in [0.5, 0.6) is 17.2 Å². The van der Waals surface area contributed by atoms with Crippen molar-refractivity contribution in [3.8, 4) is 17.2 Å². The van der Waals surface area contributed by atoms with Crippen LogP contribution in [0.3, 0.4) is 0 Å². The molecule has 7 rings (SSSR count). The maximum absolute atomic E-state index is 14.0. The van der Waals surface area contributed by atoms with E-state index in [0.717, 1.165) is 68.7 Å². The number of hydrogen-bond donors (Lipinski definition) is 1. The fraction of sp³-hybridized carbons (Fsp3) is 0.414. The van der Waals surface area contributed by atoms with Crippen LogP contribution in [-0.2, 0) is 6.67 Å². The van der Waals surface area contributed by atoms with Crippen molar-refractivity contribution in [3.63, 3.8) is 0 Å². The number of hydrogen-bond acceptors (Lipinski definition) is 7. The summed E-state index contributed by atoms with van der Waals surface area (Å²) in [6.07, 6.45) is 7.57. The molecule has 0 radical (unpaired) electrons. The molecule has 3 aliphatic rings. The Bertz CT molecular complexity index is 1570. The number of likely N-dealkylation sites (tertiary alicyclic amines) is 1. The second-order valence-corrected chi connectivity index (χ2v) is 11.1. The van der Waals surface area contributed by atoms with E-state index in [4.69, 9.17) is 9.47 Å². The molecular formula is C29H31FN6O3. The number of aromatic amines is 1. The molecule has 2 aromatic carbocycles. The summed E-state index contributed by atoms with van der Waals surface area (Å²) in [4.78, 5) is 29.0. The Hall–Kier alpha value is -3.92. The molecular weight excluding hydrogens is 499 g/mol. The molecule has 1 atom stereocenters. The molecule has 1 saturated carbocycles. The molecule has 202 valence electrons. The van der Waals surface area contributed by atoms with E-state index in [1.54, 1.807) is 12.3 Å². The Morgan fingerprint density at radius 2 is 1.92 bits per heavy atom. The predicted octanol–water partition coefficient (Wildman–Crippen LogP) is 4.40. The Morgan fingerprint density at radius 1 is 1.05 bits per heavy atom. The van der Waals surface area contributed by atoms with Crippen LogP contribution >= 0.6 is 0 Å². The van der Waals surface area contributed by atoms with Crippen molar-refractivity contribution in [1.29, 1.82) is 0 Å². The van der Waals surface area contributed by atoms with E-state index in [-0.39, 0.29) is 16.9 Å². The Kier molecular flexibility index (Phi) is 5.99. The Labute approximate surface area is 225 Å². The average molecular weight is 531 g/mol. The van der Waals surface area contributed by atoms with Crippen LogP contribution in [-0.4, -0.2) is 57.2 Å². The van der Waals surface area contributed by atoms with E-state index in [9.17, 15) is 9.18 Å². The molecule has 2 saturated heterocycles. The lowest BCUT2D eigenvalue weighted by atomic mass is 9.86. The summed E-state index contributed by atoms with van der Waals surface area (Å²) in [5, 5.41) is 0. The van der Waals surface area contributed by atoms with E-state index in [2.05, 4.69) is 24.8 Å². The van der Waals surface area contributed by atoms with Crippen molar-refractivity contribution in [1.82, 2.24) is 24.4 Å². The van der Waals surface area contributed by atoms with Crippen LogP contribution in [0.1, 0.15) is 25.7 Å². The number of halogens is 1. The molecule has 1 spiro atoms. The van der Waals surface area contributed by atoms with Crippen molar-refractivity contribution in [2.75, 3.05) is 37.7 Å². The van der Waals surface area contributed by atoms with Crippen molar-refractivity contribution in [3.05, 3.63) is 71.3 Å². The van der Waals surface area contributed by atoms with E-state index in [1.807, 2.05) is 28.8 Å². The summed E-state index contributed by atoms with van der Waals surface area (Å²) in [5.74, 6) is 2.29. The first-order chi connectivity index (χ1) is 19.1. The maximum Gasteiger partial charge on any atom is 0.327 e. The molecule has 1 N–H and O–H groups in total. The standard InChI is InChI=1S/C29H31FN6O3/c30-21-7-8-24(25(13-21)38-15-20-5-6-20)39-26-14-31-18-32-27(26)35-12-10-29(17-35)9-11-34(16-29)19-36-23-4-2-1-3-22(23)33-28(36)37/h1-4,7-8,13-14,18,20H,5-6,9-12,15-17,19H2,(H,33,37). The van der Waals surface area contributed by atoms with Gasteiger partial charge in [0, 0.05) is 37.7 Å². The number of fused-ring (bicyclic) bond motifs is 1. The number of nitrogens with zero attached hydrogens (tertiary/aromatic N) is 5. The number of para-hydroxylation sites is 2. The SMILES string of the molecule is O=c1[nH]c2ccccc2n1CN1CCC2(CCN(c3ncncc3Oc3ccc(F)cc3OCC3CC3)C2)C1. The largest absolute Gasteiger partial charge is 0.489 e. The minimum absolute atomic E-state index is 0.0748. The molecule has 1 unspecified atom stereocenters. The second kappa shape index (κ2) is 9.68. The number of aromatic nitrogens is 4. The van der Waals surface area contributed by atoms with Crippen LogP contribution in [0.25, 0.3) is 11.0 Å². The molecule has 0 bridgehead atoms. The van der Waals surface area contributed by atoms with Gasteiger partial charge in [-0.25, -0.2) is 19.2 Å². The molecule has 2 aliphatic heterocycles. The Morgan fingerprint density at radius 3 is 2.82 bits per heavy atom. The zero-order valence-electron chi connectivity index (χ0n) is 21.7. The molecule has 4 heterocycles. The smallest absolute Gasteiger partial charge is 0.327 e. The quantitative estimate of drug-likeness (QED) is 0.361. The third kappa shape index (κ3) is 4.85. The van der Waals surface area contributed by atoms with Gasteiger partial charge in [-0.2, -0.15) is 0 Å². The molecule has 3 fully saturated rings. The number of benzene rings is 2. The van der Waals surface area contributed by atoms with Gasteiger partial charge in [0.25, 0.3) is 0 Å². The van der Waals surface area contributed by atoms with Crippen molar-refractivity contribution >= 4 is 16.9 Å². The first kappa shape index (κ1) is 24.1. The third-order valence-electron chi connectivity index (χ3n) is 8.23. The van der Waals surface area contributed by atoms with E-state index >= 15 is 0 Å². The van der Waals surface area contributed by atoms with E-state index < -0.39 is 0 Å². The zero-order chi connectivity index (χ0) is 26.4. The van der Waals surface area contributed by atoms with Gasteiger partial charge in [0.05, 0.1) is 30.5 Å². The number of nitrogens with one attached hydrogen (secondary N) is 1. The normalized spacial score (nSPS) is 21.3. The first-order valence-electron chi connectivity index (χ1n) is 13.6.